The lowest BCUT2D eigenvalue weighted by Gasteiger charge is -2.01. The number of pyridine rings is 1. The van der Waals surface area contributed by atoms with E-state index >= 15 is 0 Å². The average molecular weight is 251 g/mol. The first-order chi connectivity index (χ1) is 9.24. The number of carbonyl (C=O) groups excluding carboxylic acids is 1. The van der Waals surface area contributed by atoms with Gasteiger partial charge in [0.15, 0.2) is 0 Å². The van der Waals surface area contributed by atoms with E-state index in [-0.39, 0.29) is 5.92 Å². The minimum absolute atomic E-state index is 0.200. The number of aryl methyl sites for hydroxylation is 1. The third-order valence-electron chi connectivity index (χ3n) is 3.76. The second-order valence-corrected chi connectivity index (χ2v) is 5.33. The van der Waals surface area contributed by atoms with Gasteiger partial charge in [-0.3, -0.25) is 9.78 Å². The number of hydrogen-bond donors (Lipinski definition) is 0. The van der Waals surface area contributed by atoms with Gasteiger partial charge in [0.2, 0.25) is 0 Å². The predicted molar refractivity (Wildman–Crippen MR) is 75.0 cm³/mol. The molecule has 0 saturated heterocycles. The molecule has 1 aliphatic carbocycles. The molecule has 0 aliphatic heterocycles. The van der Waals surface area contributed by atoms with Crippen LogP contribution in [0.4, 0.5) is 0 Å². The van der Waals surface area contributed by atoms with Gasteiger partial charge in [0.1, 0.15) is 5.78 Å². The molecule has 2 atom stereocenters. The summed E-state index contributed by atoms with van der Waals surface area (Å²) < 4.78 is 0. The molecule has 0 amide bonds. The van der Waals surface area contributed by atoms with Crippen molar-refractivity contribution in [3.8, 4) is 0 Å². The molecule has 2 aromatic rings. The SMILES string of the molecule is Cc1ccc(CC(=O)C2CC2c2ccccc2)nc1. The Morgan fingerprint density at radius 3 is 2.68 bits per heavy atom. The molecule has 3 rings (SSSR count). The lowest BCUT2D eigenvalue weighted by molar-refractivity contribution is -0.119. The smallest absolute Gasteiger partial charge is 0.142 e. The number of hydrogen-bond acceptors (Lipinski definition) is 2. The average Bonchev–Trinajstić information content (AvgIpc) is 3.23. The van der Waals surface area contributed by atoms with Gasteiger partial charge in [-0.05, 0) is 36.5 Å². The normalized spacial score (nSPS) is 21.1. The molecule has 1 fully saturated rings. The zero-order valence-corrected chi connectivity index (χ0v) is 11.0. The maximum atomic E-state index is 12.2. The first-order valence-electron chi connectivity index (χ1n) is 6.73. The Hall–Kier alpha value is -1.96. The molecule has 0 bridgehead atoms. The van der Waals surface area contributed by atoms with Crippen LogP contribution in [-0.4, -0.2) is 10.8 Å². The largest absolute Gasteiger partial charge is 0.299 e. The number of aromatic nitrogens is 1. The molecule has 1 heterocycles. The van der Waals surface area contributed by atoms with Crippen LogP contribution in [0.3, 0.4) is 0 Å². The van der Waals surface area contributed by atoms with Gasteiger partial charge < -0.3 is 0 Å². The first kappa shape index (κ1) is 12.1. The molecule has 0 N–H and O–H groups in total. The summed E-state index contributed by atoms with van der Waals surface area (Å²) in [5.41, 5.74) is 3.30. The van der Waals surface area contributed by atoms with Crippen molar-refractivity contribution in [1.29, 1.82) is 0 Å². The van der Waals surface area contributed by atoms with Crippen LogP contribution >= 0.6 is 0 Å². The molecule has 0 radical (unpaired) electrons. The molecule has 96 valence electrons. The summed E-state index contributed by atoms with van der Waals surface area (Å²) in [4.78, 5) is 16.5. The summed E-state index contributed by atoms with van der Waals surface area (Å²) >= 11 is 0. The Bertz CT molecular complexity index is 574. The van der Waals surface area contributed by atoms with Gasteiger partial charge in [-0.15, -0.1) is 0 Å². The van der Waals surface area contributed by atoms with Crippen LogP contribution in [0.1, 0.15) is 29.2 Å². The molecular formula is C17H17NO. The van der Waals surface area contributed by atoms with Crippen molar-refractivity contribution in [2.45, 2.75) is 25.7 Å². The number of ketones is 1. The number of carbonyl (C=O) groups is 1. The molecule has 1 aliphatic rings. The Morgan fingerprint density at radius 2 is 2.00 bits per heavy atom. The lowest BCUT2D eigenvalue weighted by Crippen LogP contribution is -2.07. The monoisotopic (exact) mass is 251 g/mol. The van der Waals surface area contributed by atoms with Crippen molar-refractivity contribution >= 4 is 5.78 Å². The standard InChI is InChI=1S/C17H17NO/c1-12-7-8-14(18-11-12)9-17(19)16-10-15(16)13-5-3-2-4-6-13/h2-8,11,15-16H,9-10H2,1H3. The van der Waals surface area contributed by atoms with Crippen LogP contribution in [-0.2, 0) is 11.2 Å². The van der Waals surface area contributed by atoms with Crippen molar-refractivity contribution in [3.05, 3.63) is 65.5 Å². The van der Waals surface area contributed by atoms with Crippen molar-refractivity contribution < 1.29 is 4.79 Å². The summed E-state index contributed by atoms with van der Waals surface area (Å²) in [7, 11) is 0. The van der Waals surface area contributed by atoms with E-state index in [1.807, 2.05) is 43.5 Å². The number of nitrogens with zero attached hydrogens (tertiary/aromatic N) is 1. The summed E-state index contributed by atoms with van der Waals surface area (Å²) in [5.74, 6) is 0.954. The third-order valence-corrected chi connectivity index (χ3v) is 3.76. The van der Waals surface area contributed by atoms with Crippen LogP contribution in [0, 0.1) is 12.8 Å². The quantitative estimate of drug-likeness (QED) is 0.834. The molecule has 0 spiro atoms. The van der Waals surface area contributed by atoms with Gasteiger partial charge in [0.25, 0.3) is 0 Å². The van der Waals surface area contributed by atoms with Crippen molar-refractivity contribution in [2.24, 2.45) is 5.92 Å². The zero-order chi connectivity index (χ0) is 13.2. The second-order valence-electron chi connectivity index (χ2n) is 5.33. The van der Waals surface area contributed by atoms with Gasteiger partial charge in [-0.1, -0.05) is 36.4 Å². The highest BCUT2D eigenvalue weighted by atomic mass is 16.1. The molecule has 2 nitrogen and oxygen atoms in total. The molecular weight excluding hydrogens is 234 g/mol. The van der Waals surface area contributed by atoms with Gasteiger partial charge in [-0.2, -0.15) is 0 Å². The number of rotatable bonds is 4. The van der Waals surface area contributed by atoms with Crippen molar-refractivity contribution in [2.75, 3.05) is 0 Å². The van der Waals surface area contributed by atoms with E-state index in [1.165, 1.54) is 5.56 Å². The van der Waals surface area contributed by atoms with Crippen LogP contribution in [0.5, 0.6) is 0 Å². The van der Waals surface area contributed by atoms with Crippen molar-refractivity contribution in [1.82, 2.24) is 4.98 Å². The fourth-order valence-electron chi connectivity index (χ4n) is 2.53. The number of Topliss-reactive ketones (excluding diaryl/α,β-unsaturated/α-hetero) is 1. The summed E-state index contributed by atoms with van der Waals surface area (Å²) in [6.07, 6.45) is 3.28. The molecule has 1 aromatic carbocycles. The van der Waals surface area contributed by atoms with Crippen LogP contribution in [0.15, 0.2) is 48.7 Å². The highest BCUT2D eigenvalue weighted by molar-refractivity contribution is 5.86. The Balaban J connectivity index is 1.63. The van der Waals surface area contributed by atoms with E-state index in [4.69, 9.17) is 0 Å². The first-order valence-corrected chi connectivity index (χ1v) is 6.73. The maximum Gasteiger partial charge on any atom is 0.142 e. The Kier molecular flexibility index (Phi) is 3.16. The summed E-state index contributed by atoms with van der Waals surface area (Å²) in [5, 5.41) is 0. The second kappa shape index (κ2) is 4.96. The van der Waals surface area contributed by atoms with E-state index in [0.29, 0.717) is 18.1 Å². The zero-order valence-electron chi connectivity index (χ0n) is 11.0. The molecule has 2 heteroatoms. The molecule has 1 aromatic heterocycles. The van der Waals surface area contributed by atoms with Gasteiger partial charge in [0, 0.05) is 24.2 Å². The molecule has 2 unspecified atom stereocenters. The van der Waals surface area contributed by atoms with Gasteiger partial charge in [-0.25, -0.2) is 0 Å². The Labute approximate surface area is 113 Å². The predicted octanol–water partition coefficient (Wildman–Crippen LogP) is 3.31. The van der Waals surface area contributed by atoms with E-state index in [0.717, 1.165) is 17.7 Å². The van der Waals surface area contributed by atoms with E-state index in [2.05, 4.69) is 17.1 Å². The molecule has 19 heavy (non-hydrogen) atoms. The van der Waals surface area contributed by atoms with Crippen molar-refractivity contribution in [3.63, 3.8) is 0 Å². The minimum Gasteiger partial charge on any atom is -0.299 e. The van der Waals surface area contributed by atoms with E-state index in [1.54, 1.807) is 0 Å². The van der Waals surface area contributed by atoms with Gasteiger partial charge >= 0.3 is 0 Å². The fraction of sp³-hybridized carbons (Fsp3) is 0.294. The number of benzene rings is 1. The van der Waals surface area contributed by atoms with Gasteiger partial charge in [0.05, 0.1) is 0 Å². The third kappa shape index (κ3) is 2.73. The lowest BCUT2D eigenvalue weighted by atomic mass is 10.0. The highest BCUT2D eigenvalue weighted by Gasteiger charge is 2.43. The van der Waals surface area contributed by atoms with Crippen LogP contribution in [0.2, 0.25) is 0 Å². The maximum absolute atomic E-state index is 12.2. The van der Waals surface area contributed by atoms with E-state index < -0.39 is 0 Å². The summed E-state index contributed by atoms with van der Waals surface area (Å²) in [6.45, 7) is 2.00. The minimum atomic E-state index is 0.200. The van der Waals surface area contributed by atoms with E-state index in [9.17, 15) is 4.79 Å². The van der Waals surface area contributed by atoms with Crippen LogP contribution < -0.4 is 0 Å². The Morgan fingerprint density at radius 1 is 1.21 bits per heavy atom. The highest BCUT2D eigenvalue weighted by Crippen LogP contribution is 2.48. The van der Waals surface area contributed by atoms with Crippen LogP contribution in [0.25, 0.3) is 0 Å². The summed E-state index contributed by atoms with van der Waals surface area (Å²) in [6, 6.07) is 14.3. The molecule has 1 saturated carbocycles. The topological polar surface area (TPSA) is 30.0 Å². The fourth-order valence-corrected chi connectivity index (χ4v) is 2.53.